The van der Waals surface area contributed by atoms with Crippen LogP contribution in [0, 0.1) is 12.8 Å². The molecule has 1 saturated heterocycles. The minimum Gasteiger partial charge on any atom is -0.393 e. The van der Waals surface area contributed by atoms with E-state index in [2.05, 4.69) is 19.7 Å². The zero-order chi connectivity index (χ0) is 13.4. The molecule has 1 saturated carbocycles. The fourth-order valence-electron chi connectivity index (χ4n) is 3.72. The average molecular weight is 264 g/mol. The maximum atomic E-state index is 10.1. The molecule has 5 nitrogen and oxygen atoms in total. The van der Waals surface area contributed by atoms with Crippen LogP contribution in [0.2, 0.25) is 0 Å². The molecule has 0 radical (unpaired) electrons. The number of aliphatic hydroxyl groups excluding tert-OH is 1. The lowest BCUT2D eigenvalue weighted by molar-refractivity contribution is 0.0705. The zero-order valence-corrected chi connectivity index (χ0v) is 11.9. The Labute approximate surface area is 114 Å². The van der Waals surface area contributed by atoms with E-state index in [1.807, 2.05) is 14.0 Å². The Morgan fingerprint density at radius 1 is 1.21 bits per heavy atom. The number of likely N-dealkylation sites (tertiary alicyclic amines) is 1. The number of hydrogen-bond donors (Lipinski definition) is 1. The summed E-state index contributed by atoms with van der Waals surface area (Å²) in [6.45, 7) is 3.98. The Hall–Kier alpha value is -0.940. The minimum absolute atomic E-state index is 0.0909. The third-order valence-electron chi connectivity index (χ3n) is 4.97. The van der Waals surface area contributed by atoms with Gasteiger partial charge in [-0.2, -0.15) is 0 Å². The van der Waals surface area contributed by atoms with Crippen LogP contribution in [0.25, 0.3) is 0 Å². The molecule has 3 atom stereocenters. The predicted octanol–water partition coefficient (Wildman–Crippen LogP) is 1.25. The molecule has 3 unspecified atom stereocenters. The van der Waals surface area contributed by atoms with Crippen molar-refractivity contribution in [1.29, 1.82) is 0 Å². The molecule has 19 heavy (non-hydrogen) atoms. The highest BCUT2D eigenvalue weighted by Crippen LogP contribution is 2.36. The van der Waals surface area contributed by atoms with Crippen molar-refractivity contribution in [2.24, 2.45) is 13.0 Å². The molecule has 2 aliphatic rings. The van der Waals surface area contributed by atoms with Crippen molar-refractivity contribution in [2.75, 3.05) is 6.54 Å². The van der Waals surface area contributed by atoms with Crippen molar-refractivity contribution < 1.29 is 5.11 Å². The second-order valence-corrected chi connectivity index (χ2v) is 6.06. The number of hydrogen-bond acceptors (Lipinski definition) is 4. The van der Waals surface area contributed by atoms with Crippen molar-refractivity contribution in [3.63, 3.8) is 0 Å². The average Bonchev–Trinajstić information content (AvgIpc) is 3.07. The van der Waals surface area contributed by atoms with Crippen LogP contribution in [0.3, 0.4) is 0 Å². The van der Waals surface area contributed by atoms with Gasteiger partial charge in [-0.25, -0.2) is 0 Å². The second kappa shape index (κ2) is 5.21. The van der Waals surface area contributed by atoms with Crippen LogP contribution in [0.4, 0.5) is 0 Å². The second-order valence-electron chi connectivity index (χ2n) is 6.06. The van der Waals surface area contributed by atoms with Gasteiger partial charge >= 0.3 is 0 Å². The van der Waals surface area contributed by atoms with E-state index in [1.54, 1.807) is 0 Å². The summed E-state index contributed by atoms with van der Waals surface area (Å²) in [6.07, 6.45) is 5.72. The molecule has 0 spiro atoms. The summed E-state index contributed by atoms with van der Waals surface area (Å²) < 4.78 is 2.07. The fraction of sp³-hybridized carbons (Fsp3) is 0.857. The Morgan fingerprint density at radius 2 is 2.05 bits per heavy atom. The molecule has 1 N–H and O–H groups in total. The fourth-order valence-corrected chi connectivity index (χ4v) is 3.72. The molecule has 0 aromatic carbocycles. The summed E-state index contributed by atoms with van der Waals surface area (Å²) in [5, 5.41) is 18.5. The number of aliphatic hydroxyl groups is 1. The number of nitrogens with zero attached hydrogens (tertiary/aromatic N) is 4. The summed E-state index contributed by atoms with van der Waals surface area (Å²) in [6, 6.07) is 0.537. The zero-order valence-electron chi connectivity index (χ0n) is 11.9. The largest absolute Gasteiger partial charge is 0.393 e. The van der Waals surface area contributed by atoms with Gasteiger partial charge in [0.1, 0.15) is 11.6 Å². The molecule has 2 fully saturated rings. The maximum absolute atomic E-state index is 10.1. The van der Waals surface area contributed by atoms with E-state index >= 15 is 0 Å². The summed E-state index contributed by atoms with van der Waals surface area (Å²) in [4.78, 5) is 2.50. The van der Waals surface area contributed by atoms with Gasteiger partial charge in [0, 0.05) is 19.0 Å². The molecule has 5 heteroatoms. The van der Waals surface area contributed by atoms with Crippen LogP contribution in [-0.4, -0.2) is 43.5 Å². The quantitative estimate of drug-likeness (QED) is 0.892. The Balaban J connectivity index is 1.71. The van der Waals surface area contributed by atoms with Gasteiger partial charge in [-0.1, -0.05) is 6.42 Å². The van der Waals surface area contributed by atoms with Crippen LogP contribution in [0.5, 0.6) is 0 Å². The number of aromatic nitrogens is 3. The Bertz CT molecular complexity index is 445. The molecule has 2 heterocycles. The normalized spacial score (nSPS) is 32.3. The number of rotatable bonds is 3. The van der Waals surface area contributed by atoms with Gasteiger partial charge in [0.2, 0.25) is 0 Å². The predicted molar refractivity (Wildman–Crippen MR) is 72.5 cm³/mol. The minimum atomic E-state index is -0.0909. The highest BCUT2D eigenvalue weighted by Gasteiger charge is 2.38. The van der Waals surface area contributed by atoms with Gasteiger partial charge in [0.05, 0.1) is 12.6 Å². The Morgan fingerprint density at radius 3 is 2.68 bits per heavy atom. The van der Waals surface area contributed by atoms with E-state index in [0.29, 0.717) is 12.0 Å². The molecule has 3 rings (SSSR count). The SMILES string of the molecule is Cc1nnc(CN2CCCC2C2CCCC2O)n1C. The first-order chi connectivity index (χ1) is 9.16. The first-order valence-electron chi connectivity index (χ1n) is 7.44. The van der Waals surface area contributed by atoms with Crippen LogP contribution < -0.4 is 0 Å². The van der Waals surface area contributed by atoms with Crippen LogP contribution >= 0.6 is 0 Å². The molecule has 106 valence electrons. The highest BCUT2D eigenvalue weighted by atomic mass is 16.3. The lowest BCUT2D eigenvalue weighted by Crippen LogP contribution is -2.39. The molecule has 0 bridgehead atoms. The topological polar surface area (TPSA) is 54.2 Å². The van der Waals surface area contributed by atoms with Crippen molar-refractivity contribution in [2.45, 2.75) is 57.7 Å². The Kier molecular flexibility index (Phi) is 3.58. The van der Waals surface area contributed by atoms with Gasteiger partial charge in [0.25, 0.3) is 0 Å². The summed E-state index contributed by atoms with van der Waals surface area (Å²) in [5.41, 5.74) is 0. The first kappa shape index (κ1) is 13.1. The van der Waals surface area contributed by atoms with Crippen molar-refractivity contribution in [3.05, 3.63) is 11.6 Å². The molecule has 1 aromatic heterocycles. The summed E-state index contributed by atoms with van der Waals surface area (Å²) >= 11 is 0. The van der Waals surface area contributed by atoms with Gasteiger partial charge in [-0.15, -0.1) is 10.2 Å². The standard InChI is InChI=1S/C14H24N4O/c1-10-15-16-14(17(10)2)9-18-8-4-6-12(18)11-5-3-7-13(11)19/h11-13,19H,3-9H2,1-2H3. The first-order valence-corrected chi connectivity index (χ1v) is 7.44. The summed E-state index contributed by atoms with van der Waals surface area (Å²) in [5.74, 6) is 2.47. The highest BCUT2D eigenvalue weighted by molar-refractivity contribution is 4.97. The van der Waals surface area contributed by atoms with E-state index in [9.17, 15) is 5.11 Å². The maximum Gasteiger partial charge on any atom is 0.146 e. The van der Waals surface area contributed by atoms with Crippen molar-refractivity contribution in [1.82, 2.24) is 19.7 Å². The van der Waals surface area contributed by atoms with Gasteiger partial charge in [-0.3, -0.25) is 4.90 Å². The van der Waals surface area contributed by atoms with Crippen molar-refractivity contribution in [3.8, 4) is 0 Å². The molecule has 1 aliphatic carbocycles. The van der Waals surface area contributed by atoms with Crippen LogP contribution in [0.15, 0.2) is 0 Å². The lowest BCUT2D eigenvalue weighted by atomic mass is 9.94. The number of aryl methyl sites for hydroxylation is 1. The van der Waals surface area contributed by atoms with Crippen molar-refractivity contribution >= 4 is 0 Å². The summed E-state index contributed by atoms with van der Waals surface area (Å²) in [7, 11) is 2.03. The van der Waals surface area contributed by atoms with E-state index in [4.69, 9.17) is 0 Å². The van der Waals surface area contributed by atoms with E-state index < -0.39 is 0 Å². The molecule has 1 aliphatic heterocycles. The molecular formula is C14H24N4O. The van der Waals surface area contributed by atoms with E-state index in [-0.39, 0.29) is 6.10 Å². The van der Waals surface area contributed by atoms with E-state index in [1.165, 1.54) is 25.7 Å². The third-order valence-corrected chi connectivity index (χ3v) is 4.97. The molecule has 0 amide bonds. The van der Waals surface area contributed by atoms with E-state index in [0.717, 1.165) is 31.2 Å². The van der Waals surface area contributed by atoms with Gasteiger partial charge < -0.3 is 9.67 Å². The monoisotopic (exact) mass is 264 g/mol. The van der Waals surface area contributed by atoms with Gasteiger partial charge in [-0.05, 0) is 39.2 Å². The van der Waals surface area contributed by atoms with Crippen LogP contribution in [-0.2, 0) is 13.6 Å². The molecule has 1 aromatic rings. The lowest BCUT2D eigenvalue weighted by Gasteiger charge is -2.30. The van der Waals surface area contributed by atoms with Gasteiger partial charge in [0.15, 0.2) is 0 Å². The smallest absolute Gasteiger partial charge is 0.146 e. The third kappa shape index (κ3) is 2.41. The molecular weight excluding hydrogens is 240 g/mol. The van der Waals surface area contributed by atoms with Crippen LogP contribution in [0.1, 0.15) is 43.8 Å².